The molecular weight excluding hydrogens is 460 g/mol. The van der Waals surface area contributed by atoms with Crippen LogP contribution in [0.5, 0.6) is 0 Å². The molecule has 0 bridgehead atoms. The predicted octanol–water partition coefficient (Wildman–Crippen LogP) is 3.19. The number of nitrogens with zero attached hydrogens (tertiary/aromatic N) is 1. The summed E-state index contributed by atoms with van der Waals surface area (Å²) in [4.78, 5) is 40.3. The van der Waals surface area contributed by atoms with Crippen LogP contribution in [-0.4, -0.2) is 35.3 Å². The van der Waals surface area contributed by atoms with Gasteiger partial charge in [-0.3, -0.25) is 19.3 Å². The topological polar surface area (TPSA) is 75.7 Å². The minimum absolute atomic E-state index is 0. The van der Waals surface area contributed by atoms with Crippen molar-refractivity contribution in [3.63, 3.8) is 0 Å². The van der Waals surface area contributed by atoms with Gasteiger partial charge in [-0.1, -0.05) is 30.3 Å². The minimum atomic E-state index is -1.25. The fourth-order valence-electron chi connectivity index (χ4n) is 4.72. The van der Waals surface area contributed by atoms with Crippen molar-refractivity contribution in [1.82, 2.24) is 10.2 Å². The Hall–Kier alpha value is -2.99. The molecule has 6 nitrogen and oxygen atoms in total. The zero-order chi connectivity index (χ0) is 22.7. The average molecular weight is 486 g/mol. The number of likely N-dealkylation sites (tertiary alicyclic amines) is 1. The first-order valence-electron chi connectivity index (χ1n) is 10.6. The zero-order valence-corrected chi connectivity index (χ0v) is 19.6. The summed E-state index contributed by atoms with van der Waals surface area (Å²) in [6.07, 6.45) is 0. The summed E-state index contributed by atoms with van der Waals surface area (Å²) < 4.78 is 4.96. The number of amides is 2. The van der Waals surface area contributed by atoms with Gasteiger partial charge in [0.25, 0.3) is 0 Å². The van der Waals surface area contributed by atoms with Crippen molar-refractivity contribution in [2.45, 2.75) is 25.0 Å². The number of carbonyl (C=O) groups excluding carboxylic acids is 3. The molecule has 172 valence electrons. The smallest absolute Gasteiger partial charge is 0.468 e. The molecule has 2 saturated heterocycles. The average Bonchev–Trinajstić information content (AvgIpc) is 3.60. The van der Waals surface area contributed by atoms with Crippen LogP contribution < -0.4 is 5.32 Å². The van der Waals surface area contributed by atoms with Gasteiger partial charge in [0.1, 0.15) is 5.54 Å². The Kier molecular flexibility index (Phi) is 7.69. The number of hydrogen-bond donors (Lipinski definition) is 1. The fourth-order valence-corrected chi connectivity index (χ4v) is 4.72. The fraction of sp³-hybridized carbons (Fsp3) is 0.269. The molecule has 2 aliphatic heterocycles. The minimum Gasteiger partial charge on any atom is -0.468 e. The summed E-state index contributed by atoms with van der Waals surface area (Å²) >= 11 is 0. The summed E-state index contributed by atoms with van der Waals surface area (Å²) in [5.41, 5.74) is 0.511. The maximum Gasteiger partial charge on any atom is 2.00 e. The Morgan fingerprint density at radius 1 is 1.06 bits per heavy atom. The first kappa shape index (κ1) is 24.6. The molecule has 0 radical (unpaired) electrons. The van der Waals surface area contributed by atoms with Crippen LogP contribution in [0.3, 0.4) is 0 Å². The van der Waals surface area contributed by atoms with Gasteiger partial charge in [-0.2, -0.15) is 30.3 Å². The van der Waals surface area contributed by atoms with Crippen molar-refractivity contribution in [2.24, 2.45) is 11.8 Å². The maximum absolute atomic E-state index is 13.2. The van der Waals surface area contributed by atoms with Crippen molar-refractivity contribution >= 4 is 17.8 Å². The second-order valence-electron chi connectivity index (χ2n) is 8.25. The molecular formula is C26H26FeN2O4. The summed E-state index contributed by atoms with van der Waals surface area (Å²) in [6.45, 7) is 1.85. The third-order valence-corrected chi connectivity index (χ3v) is 6.27. The molecule has 0 aromatic heterocycles. The number of rotatable bonds is 4. The van der Waals surface area contributed by atoms with E-state index in [-0.39, 0.29) is 35.4 Å². The molecule has 3 aromatic rings. The van der Waals surface area contributed by atoms with Crippen molar-refractivity contribution < 1.29 is 36.2 Å². The monoisotopic (exact) mass is 486 g/mol. The molecule has 2 heterocycles. The Morgan fingerprint density at radius 2 is 1.70 bits per heavy atom. The molecule has 1 N–H and O–H groups in total. The van der Waals surface area contributed by atoms with Gasteiger partial charge in [0, 0.05) is 6.04 Å². The number of fused-ring (bicyclic) bond motifs is 1. The van der Waals surface area contributed by atoms with Crippen molar-refractivity contribution in [3.05, 3.63) is 96.1 Å². The van der Waals surface area contributed by atoms with Gasteiger partial charge in [-0.15, -0.1) is 5.56 Å². The quantitative estimate of drug-likeness (QED) is 0.266. The van der Waals surface area contributed by atoms with E-state index in [0.29, 0.717) is 0 Å². The summed E-state index contributed by atoms with van der Waals surface area (Å²) in [6, 6.07) is 26.5. The molecule has 3 aromatic carbocycles. The van der Waals surface area contributed by atoms with Gasteiger partial charge in [-0.25, -0.2) is 24.3 Å². The third-order valence-electron chi connectivity index (χ3n) is 6.27. The molecule has 5 rings (SSSR count). The number of hydrogen-bond acceptors (Lipinski definition) is 5. The molecule has 4 atom stereocenters. The number of ether oxygens (including phenoxy) is 1. The number of nitrogens with one attached hydrogen (secondary N) is 1. The Bertz CT molecular complexity index is 1050. The first-order valence-corrected chi connectivity index (χ1v) is 10.6. The number of methoxy groups -OCH3 is 1. The van der Waals surface area contributed by atoms with Crippen LogP contribution >= 0.6 is 0 Å². The van der Waals surface area contributed by atoms with Crippen LogP contribution in [0.4, 0.5) is 0 Å². The van der Waals surface area contributed by atoms with E-state index in [2.05, 4.69) is 5.32 Å². The van der Waals surface area contributed by atoms with Gasteiger partial charge in [0.15, 0.2) is 0 Å². The van der Waals surface area contributed by atoms with E-state index in [9.17, 15) is 14.4 Å². The van der Waals surface area contributed by atoms with Crippen molar-refractivity contribution in [3.8, 4) is 0 Å². The first-order chi connectivity index (χ1) is 15.5. The number of benzene rings is 1. The maximum atomic E-state index is 13.2. The van der Waals surface area contributed by atoms with E-state index in [1.807, 2.05) is 84.9 Å². The molecule has 4 unspecified atom stereocenters. The van der Waals surface area contributed by atoms with Crippen LogP contribution in [0.25, 0.3) is 0 Å². The Labute approximate surface area is 204 Å². The Balaban J connectivity index is 0.000000453. The van der Waals surface area contributed by atoms with Crippen LogP contribution in [0.2, 0.25) is 0 Å². The van der Waals surface area contributed by atoms with Gasteiger partial charge in [0.05, 0.1) is 25.5 Å². The van der Waals surface area contributed by atoms with E-state index in [1.165, 1.54) is 12.0 Å². The van der Waals surface area contributed by atoms with Crippen LogP contribution in [-0.2, 0) is 42.7 Å². The normalized spacial score (nSPS) is 25.6. The van der Waals surface area contributed by atoms with E-state index >= 15 is 0 Å². The van der Waals surface area contributed by atoms with Gasteiger partial charge in [0.2, 0.25) is 11.8 Å². The molecule has 0 saturated carbocycles. The van der Waals surface area contributed by atoms with Crippen molar-refractivity contribution in [2.75, 3.05) is 7.11 Å². The summed E-state index contributed by atoms with van der Waals surface area (Å²) in [7, 11) is 1.29. The molecule has 0 spiro atoms. The summed E-state index contributed by atoms with van der Waals surface area (Å²) in [5.74, 6) is -2.54. The molecule has 7 heteroatoms. The molecule has 0 aliphatic carbocycles. The number of carbonyl (C=O) groups is 3. The second kappa shape index (κ2) is 10.3. The van der Waals surface area contributed by atoms with Gasteiger partial charge in [-0.05, 0) is 12.5 Å². The van der Waals surface area contributed by atoms with Crippen LogP contribution in [0.1, 0.15) is 24.1 Å². The molecule has 33 heavy (non-hydrogen) atoms. The largest absolute Gasteiger partial charge is 2.00 e. The van der Waals surface area contributed by atoms with E-state index in [0.717, 1.165) is 11.1 Å². The van der Waals surface area contributed by atoms with E-state index in [4.69, 9.17) is 4.74 Å². The molecule has 2 aliphatic rings. The van der Waals surface area contributed by atoms with E-state index < -0.39 is 29.4 Å². The van der Waals surface area contributed by atoms with Gasteiger partial charge >= 0.3 is 23.0 Å². The van der Waals surface area contributed by atoms with Crippen LogP contribution in [0.15, 0.2) is 84.9 Å². The van der Waals surface area contributed by atoms with Gasteiger partial charge < -0.3 is 10.1 Å². The standard InChI is InChI=1S/C21H21N2O4.C5H5.Fe/c1-21(20(26)27-2)16-15(17(22-21)14-10-6-7-11-14)18(24)23(19(16)25)12-13-8-4-3-5-9-13;1-2-4-5-3-1;/h3-11,15-17,22H,12H2,1-2H3;1-5H;/q2*-1;+2. The van der Waals surface area contributed by atoms with Crippen molar-refractivity contribution in [1.29, 1.82) is 0 Å². The summed E-state index contributed by atoms with van der Waals surface area (Å²) in [5, 5.41) is 3.22. The van der Waals surface area contributed by atoms with E-state index in [1.54, 1.807) is 6.92 Å². The molecule has 2 fully saturated rings. The zero-order valence-electron chi connectivity index (χ0n) is 18.5. The third kappa shape index (κ3) is 4.58. The number of esters is 1. The predicted molar refractivity (Wildman–Crippen MR) is 119 cm³/mol. The molecule has 2 amide bonds. The second-order valence-corrected chi connectivity index (χ2v) is 8.25. The SMILES string of the molecule is COC(=O)C1(C)NC([c-]2cccc2)C2C(=O)N(Cc3ccccc3)C(=O)C21.[Fe+2].c1cc[cH-]c1. The number of imide groups is 1. The van der Waals surface area contributed by atoms with Crippen LogP contribution in [0, 0.1) is 11.8 Å². The Morgan fingerprint density at radius 3 is 2.24 bits per heavy atom.